The lowest BCUT2D eigenvalue weighted by molar-refractivity contribution is -0.138. The number of carboxylic acids is 1. The zero-order valence-electron chi connectivity index (χ0n) is 9.76. The second-order valence-electron chi connectivity index (χ2n) is 3.88. The van der Waals surface area contributed by atoms with Gasteiger partial charge in [0.05, 0.1) is 0 Å². The van der Waals surface area contributed by atoms with E-state index >= 15 is 0 Å². The molecule has 0 radical (unpaired) electrons. The molecule has 1 aromatic rings. The van der Waals surface area contributed by atoms with E-state index in [-0.39, 0.29) is 0 Å². The van der Waals surface area contributed by atoms with Crippen molar-refractivity contribution in [1.29, 1.82) is 0 Å². The zero-order valence-corrected chi connectivity index (χ0v) is 9.76. The summed E-state index contributed by atoms with van der Waals surface area (Å²) in [6.45, 7) is 3.89. The van der Waals surface area contributed by atoms with Crippen LogP contribution in [0.25, 0.3) is 0 Å². The Morgan fingerprint density at radius 1 is 1.25 bits per heavy atom. The molecule has 0 aromatic heterocycles. The van der Waals surface area contributed by atoms with Gasteiger partial charge in [0.25, 0.3) is 0 Å². The summed E-state index contributed by atoms with van der Waals surface area (Å²) in [6.07, 6.45) is 0.385. The van der Waals surface area contributed by atoms with Crippen LogP contribution in [0.2, 0.25) is 0 Å². The standard InChI is InChI=1S/C9H11NO2.C3H9N/c10-8(9(11)12)6-7-4-2-1-3-5-7;1-3(2)4/h1-5,8H,6,10H2,(H,11,12);3H,4H2,1-2H3/t8-;/m0./s1. The normalized spacial score (nSPS) is 11.6. The van der Waals surface area contributed by atoms with E-state index in [0.29, 0.717) is 12.5 Å². The zero-order chi connectivity index (χ0) is 12.6. The van der Waals surface area contributed by atoms with Crippen LogP contribution >= 0.6 is 0 Å². The molecule has 0 saturated carbocycles. The molecular weight excluding hydrogens is 204 g/mol. The Kier molecular flexibility index (Phi) is 7.16. The number of rotatable bonds is 3. The molecule has 1 aromatic carbocycles. The molecule has 1 atom stereocenters. The Bertz CT molecular complexity index is 296. The Labute approximate surface area is 96.3 Å². The van der Waals surface area contributed by atoms with Crippen molar-refractivity contribution in [3.8, 4) is 0 Å². The Morgan fingerprint density at radius 3 is 2.06 bits per heavy atom. The topological polar surface area (TPSA) is 89.3 Å². The smallest absolute Gasteiger partial charge is 0.320 e. The largest absolute Gasteiger partial charge is 0.480 e. The first-order valence-corrected chi connectivity index (χ1v) is 5.21. The van der Waals surface area contributed by atoms with Crippen LogP contribution in [0.1, 0.15) is 19.4 Å². The number of aliphatic carboxylic acids is 1. The molecule has 0 aliphatic carbocycles. The minimum absolute atomic E-state index is 0.333. The number of hydrogen-bond acceptors (Lipinski definition) is 3. The first-order valence-electron chi connectivity index (χ1n) is 5.21. The molecular formula is C12H20N2O2. The lowest BCUT2D eigenvalue weighted by atomic mass is 10.1. The third-order valence-corrected chi connectivity index (χ3v) is 1.62. The molecule has 4 nitrogen and oxygen atoms in total. The quantitative estimate of drug-likeness (QED) is 0.714. The summed E-state index contributed by atoms with van der Waals surface area (Å²) < 4.78 is 0. The SMILES string of the molecule is CC(C)N.N[C@@H](Cc1ccccc1)C(=O)O. The summed E-state index contributed by atoms with van der Waals surface area (Å²) in [5.41, 5.74) is 11.4. The van der Waals surface area contributed by atoms with Gasteiger partial charge in [0, 0.05) is 0 Å². The second kappa shape index (κ2) is 7.84. The molecule has 0 heterocycles. The number of nitrogens with two attached hydrogens (primary N) is 2. The summed E-state index contributed by atoms with van der Waals surface area (Å²) in [5, 5.41) is 8.52. The second-order valence-corrected chi connectivity index (χ2v) is 3.88. The molecule has 0 amide bonds. The van der Waals surface area contributed by atoms with Crippen LogP contribution in [0.3, 0.4) is 0 Å². The predicted octanol–water partition coefficient (Wildman–Crippen LogP) is 0.994. The van der Waals surface area contributed by atoms with E-state index in [1.54, 1.807) is 0 Å². The monoisotopic (exact) mass is 224 g/mol. The molecule has 5 N–H and O–H groups in total. The average Bonchev–Trinajstić information content (AvgIpc) is 2.18. The summed E-state index contributed by atoms with van der Waals surface area (Å²) in [6, 6.07) is 8.88. The van der Waals surface area contributed by atoms with E-state index in [2.05, 4.69) is 0 Å². The molecule has 0 saturated heterocycles. The van der Waals surface area contributed by atoms with Crippen molar-refractivity contribution in [1.82, 2.24) is 0 Å². The van der Waals surface area contributed by atoms with Crippen LogP contribution in [-0.2, 0) is 11.2 Å². The maximum Gasteiger partial charge on any atom is 0.320 e. The van der Waals surface area contributed by atoms with Crippen LogP contribution in [0.5, 0.6) is 0 Å². The number of benzene rings is 1. The van der Waals surface area contributed by atoms with Gasteiger partial charge in [-0.15, -0.1) is 0 Å². The van der Waals surface area contributed by atoms with E-state index in [1.807, 2.05) is 44.2 Å². The van der Waals surface area contributed by atoms with Crippen LogP contribution in [0.15, 0.2) is 30.3 Å². The first kappa shape index (κ1) is 14.6. The Morgan fingerprint density at radius 2 is 1.69 bits per heavy atom. The molecule has 0 aliphatic rings. The molecule has 90 valence electrons. The van der Waals surface area contributed by atoms with Gasteiger partial charge in [0.2, 0.25) is 0 Å². The predicted molar refractivity (Wildman–Crippen MR) is 65.1 cm³/mol. The minimum atomic E-state index is -0.959. The summed E-state index contributed by atoms with van der Waals surface area (Å²) in [4.78, 5) is 10.4. The summed E-state index contributed by atoms with van der Waals surface area (Å²) >= 11 is 0. The Balaban J connectivity index is 0.000000487. The minimum Gasteiger partial charge on any atom is -0.480 e. The van der Waals surface area contributed by atoms with Crippen molar-refractivity contribution < 1.29 is 9.90 Å². The van der Waals surface area contributed by atoms with Crippen molar-refractivity contribution in [3.63, 3.8) is 0 Å². The van der Waals surface area contributed by atoms with Gasteiger partial charge in [-0.2, -0.15) is 0 Å². The molecule has 0 fully saturated rings. The van der Waals surface area contributed by atoms with E-state index in [0.717, 1.165) is 5.56 Å². The van der Waals surface area contributed by atoms with Crippen LogP contribution < -0.4 is 11.5 Å². The number of carboxylic acid groups (broad SMARTS) is 1. The molecule has 0 bridgehead atoms. The van der Waals surface area contributed by atoms with Gasteiger partial charge in [-0.1, -0.05) is 44.2 Å². The maximum atomic E-state index is 10.4. The number of carbonyl (C=O) groups is 1. The van der Waals surface area contributed by atoms with Gasteiger partial charge < -0.3 is 16.6 Å². The highest BCUT2D eigenvalue weighted by molar-refractivity contribution is 5.73. The molecule has 1 rings (SSSR count). The van der Waals surface area contributed by atoms with Crippen molar-refractivity contribution in [2.24, 2.45) is 11.5 Å². The summed E-state index contributed by atoms with van der Waals surface area (Å²) in [7, 11) is 0. The van der Waals surface area contributed by atoms with Gasteiger partial charge >= 0.3 is 5.97 Å². The lowest BCUT2D eigenvalue weighted by Crippen LogP contribution is -2.32. The van der Waals surface area contributed by atoms with Crippen LogP contribution in [-0.4, -0.2) is 23.2 Å². The highest BCUT2D eigenvalue weighted by Crippen LogP contribution is 2.01. The third kappa shape index (κ3) is 7.96. The van der Waals surface area contributed by atoms with Crippen LogP contribution in [0.4, 0.5) is 0 Å². The molecule has 16 heavy (non-hydrogen) atoms. The highest BCUT2D eigenvalue weighted by atomic mass is 16.4. The fourth-order valence-electron chi connectivity index (χ4n) is 0.955. The van der Waals surface area contributed by atoms with Gasteiger partial charge in [-0.05, 0) is 18.0 Å². The van der Waals surface area contributed by atoms with E-state index in [9.17, 15) is 4.79 Å². The van der Waals surface area contributed by atoms with Gasteiger partial charge in [-0.3, -0.25) is 4.79 Å². The highest BCUT2D eigenvalue weighted by Gasteiger charge is 2.10. The van der Waals surface area contributed by atoms with E-state index in [1.165, 1.54) is 0 Å². The van der Waals surface area contributed by atoms with Crippen molar-refractivity contribution in [3.05, 3.63) is 35.9 Å². The van der Waals surface area contributed by atoms with E-state index in [4.69, 9.17) is 16.6 Å². The van der Waals surface area contributed by atoms with Crippen molar-refractivity contribution in [2.75, 3.05) is 0 Å². The first-order chi connectivity index (χ1) is 7.43. The van der Waals surface area contributed by atoms with Gasteiger partial charge in [0.15, 0.2) is 0 Å². The third-order valence-electron chi connectivity index (χ3n) is 1.62. The van der Waals surface area contributed by atoms with Gasteiger partial charge in [-0.25, -0.2) is 0 Å². The van der Waals surface area contributed by atoms with Gasteiger partial charge in [0.1, 0.15) is 6.04 Å². The number of hydrogen-bond donors (Lipinski definition) is 3. The van der Waals surface area contributed by atoms with E-state index < -0.39 is 12.0 Å². The molecule has 0 unspecified atom stereocenters. The average molecular weight is 224 g/mol. The maximum absolute atomic E-state index is 10.4. The van der Waals surface area contributed by atoms with Crippen molar-refractivity contribution in [2.45, 2.75) is 32.4 Å². The fraction of sp³-hybridized carbons (Fsp3) is 0.417. The Hall–Kier alpha value is -1.39. The molecule has 4 heteroatoms. The lowest BCUT2D eigenvalue weighted by Gasteiger charge is -2.04. The summed E-state index contributed by atoms with van der Waals surface area (Å²) in [5.74, 6) is -0.959. The molecule has 0 aliphatic heterocycles. The fourth-order valence-corrected chi connectivity index (χ4v) is 0.955. The van der Waals surface area contributed by atoms with Crippen molar-refractivity contribution >= 4 is 5.97 Å². The molecule has 0 spiro atoms. The van der Waals surface area contributed by atoms with Crippen LogP contribution in [0, 0.1) is 0 Å².